The molecule has 1 aliphatic carbocycles. The number of hydrogen-bond donors (Lipinski definition) is 1. The molecule has 1 heterocycles. The fourth-order valence-corrected chi connectivity index (χ4v) is 2.05. The Labute approximate surface area is 81.0 Å². The summed E-state index contributed by atoms with van der Waals surface area (Å²) in [6, 6.07) is 0.557. The third-order valence-electron chi connectivity index (χ3n) is 3.24. The first-order chi connectivity index (χ1) is 6.36. The summed E-state index contributed by atoms with van der Waals surface area (Å²) in [5.74, 6) is 1.05. The van der Waals surface area contributed by atoms with Gasteiger partial charge >= 0.3 is 0 Å². The third-order valence-corrected chi connectivity index (χ3v) is 3.24. The molecule has 2 unspecified atom stereocenters. The maximum atomic E-state index is 5.63. The molecule has 76 valence electrons. The van der Waals surface area contributed by atoms with Crippen LogP contribution in [0.2, 0.25) is 0 Å². The van der Waals surface area contributed by atoms with Crippen LogP contribution >= 0.6 is 0 Å². The van der Waals surface area contributed by atoms with Crippen molar-refractivity contribution in [1.29, 1.82) is 0 Å². The predicted octanol–water partition coefficient (Wildman–Crippen LogP) is 1.94. The molecule has 0 radical (unpaired) electrons. The lowest BCUT2D eigenvalue weighted by atomic mass is 10.1. The molecule has 0 spiro atoms. The largest absolute Gasteiger partial charge is 0.377 e. The zero-order valence-electron chi connectivity index (χ0n) is 8.59. The number of ether oxygens (including phenoxy) is 1. The van der Waals surface area contributed by atoms with E-state index in [0.29, 0.717) is 12.1 Å². The summed E-state index contributed by atoms with van der Waals surface area (Å²) in [6.45, 7) is 4.41. The Hall–Kier alpha value is -0.0800. The summed E-state index contributed by atoms with van der Waals surface area (Å²) in [4.78, 5) is 0. The Morgan fingerprint density at radius 2 is 2.23 bits per heavy atom. The van der Waals surface area contributed by atoms with Crippen molar-refractivity contribution in [3.63, 3.8) is 0 Å². The minimum Gasteiger partial charge on any atom is -0.377 e. The topological polar surface area (TPSA) is 21.3 Å². The molecule has 0 aromatic heterocycles. The van der Waals surface area contributed by atoms with Crippen molar-refractivity contribution >= 4 is 0 Å². The summed E-state index contributed by atoms with van der Waals surface area (Å²) >= 11 is 0. The van der Waals surface area contributed by atoms with Crippen LogP contribution in [0.5, 0.6) is 0 Å². The number of nitrogens with one attached hydrogen (secondary N) is 1. The quantitative estimate of drug-likeness (QED) is 0.703. The van der Waals surface area contributed by atoms with Crippen LogP contribution in [-0.2, 0) is 4.74 Å². The highest BCUT2D eigenvalue weighted by Gasteiger charge is 2.23. The average Bonchev–Trinajstić information content (AvgIpc) is 2.80. The van der Waals surface area contributed by atoms with E-state index in [1.807, 2.05) is 0 Å². The van der Waals surface area contributed by atoms with Gasteiger partial charge in [-0.3, -0.25) is 0 Å². The van der Waals surface area contributed by atoms with Gasteiger partial charge in [-0.15, -0.1) is 0 Å². The molecule has 1 aliphatic heterocycles. The fourth-order valence-electron chi connectivity index (χ4n) is 2.05. The van der Waals surface area contributed by atoms with Gasteiger partial charge in [-0.25, -0.2) is 0 Å². The van der Waals surface area contributed by atoms with E-state index in [9.17, 15) is 0 Å². The first kappa shape index (κ1) is 9.47. The van der Waals surface area contributed by atoms with Crippen LogP contribution in [0.25, 0.3) is 0 Å². The minimum absolute atomic E-state index is 0.485. The van der Waals surface area contributed by atoms with Gasteiger partial charge in [-0.2, -0.15) is 0 Å². The molecule has 0 aromatic carbocycles. The van der Waals surface area contributed by atoms with Gasteiger partial charge < -0.3 is 10.1 Å². The Bertz CT molecular complexity index is 150. The molecule has 1 saturated heterocycles. The molecule has 2 rings (SSSR count). The molecule has 1 saturated carbocycles. The van der Waals surface area contributed by atoms with Gasteiger partial charge in [0.25, 0.3) is 0 Å². The SMILES string of the molecule is CC(NCCC1CC1)C1CCCO1. The van der Waals surface area contributed by atoms with E-state index in [0.717, 1.165) is 12.5 Å². The standard InChI is InChI=1S/C11H21NO/c1-9(11-3-2-8-13-11)12-7-6-10-4-5-10/h9-12H,2-8H2,1H3. The molecular formula is C11H21NO. The van der Waals surface area contributed by atoms with Crippen LogP contribution in [0.15, 0.2) is 0 Å². The average molecular weight is 183 g/mol. The first-order valence-electron chi connectivity index (χ1n) is 5.71. The smallest absolute Gasteiger partial charge is 0.0726 e. The molecule has 2 atom stereocenters. The fraction of sp³-hybridized carbons (Fsp3) is 1.00. The number of hydrogen-bond acceptors (Lipinski definition) is 2. The van der Waals surface area contributed by atoms with Crippen molar-refractivity contribution in [1.82, 2.24) is 5.32 Å². The minimum atomic E-state index is 0.485. The summed E-state index contributed by atoms with van der Waals surface area (Å²) in [6.07, 6.45) is 7.29. The van der Waals surface area contributed by atoms with Crippen molar-refractivity contribution in [2.45, 2.75) is 51.2 Å². The van der Waals surface area contributed by atoms with E-state index in [1.165, 1.54) is 38.6 Å². The van der Waals surface area contributed by atoms with Crippen molar-refractivity contribution in [3.05, 3.63) is 0 Å². The van der Waals surface area contributed by atoms with Gasteiger partial charge in [-0.05, 0) is 38.6 Å². The maximum Gasteiger partial charge on any atom is 0.0726 e. The molecule has 0 amide bonds. The van der Waals surface area contributed by atoms with Crippen LogP contribution in [0, 0.1) is 5.92 Å². The zero-order valence-corrected chi connectivity index (χ0v) is 8.59. The van der Waals surface area contributed by atoms with Crippen molar-refractivity contribution in [2.24, 2.45) is 5.92 Å². The Kier molecular flexibility index (Phi) is 3.23. The lowest BCUT2D eigenvalue weighted by molar-refractivity contribution is 0.0836. The van der Waals surface area contributed by atoms with Gasteiger partial charge in [0.1, 0.15) is 0 Å². The molecule has 2 aliphatic rings. The summed E-state index contributed by atoms with van der Waals surface area (Å²) in [5.41, 5.74) is 0. The van der Waals surface area contributed by atoms with Crippen LogP contribution in [0.3, 0.4) is 0 Å². The maximum absolute atomic E-state index is 5.63. The normalized spacial score (nSPS) is 30.7. The van der Waals surface area contributed by atoms with Crippen molar-refractivity contribution in [3.8, 4) is 0 Å². The molecule has 2 fully saturated rings. The highest BCUT2D eigenvalue weighted by molar-refractivity contribution is 4.79. The van der Waals surface area contributed by atoms with E-state index in [4.69, 9.17) is 4.74 Å². The van der Waals surface area contributed by atoms with E-state index in [1.54, 1.807) is 0 Å². The van der Waals surface area contributed by atoms with Gasteiger partial charge in [0.05, 0.1) is 6.10 Å². The number of rotatable bonds is 5. The molecule has 2 nitrogen and oxygen atoms in total. The lowest BCUT2D eigenvalue weighted by Crippen LogP contribution is -2.37. The molecular weight excluding hydrogens is 162 g/mol. The van der Waals surface area contributed by atoms with Gasteiger partial charge in [-0.1, -0.05) is 12.8 Å². The lowest BCUT2D eigenvalue weighted by Gasteiger charge is -2.19. The molecule has 0 aromatic rings. The van der Waals surface area contributed by atoms with E-state index < -0.39 is 0 Å². The monoisotopic (exact) mass is 183 g/mol. The molecule has 1 N–H and O–H groups in total. The van der Waals surface area contributed by atoms with E-state index >= 15 is 0 Å². The van der Waals surface area contributed by atoms with Gasteiger partial charge in [0.15, 0.2) is 0 Å². The second-order valence-corrected chi connectivity index (χ2v) is 4.53. The van der Waals surface area contributed by atoms with Gasteiger partial charge in [0.2, 0.25) is 0 Å². The molecule has 13 heavy (non-hydrogen) atoms. The Morgan fingerprint density at radius 3 is 2.85 bits per heavy atom. The van der Waals surface area contributed by atoms with E-state index in [2.05, 4.69) is 12.2 Å². The predicted molar refractivity (Wildman–Crippen MR) is 53.8 cm³/mol. The Balaban J connectivity index is 1.56. The highest BCUT2D eigenvalue weighted by atomic mass is 16.5. The van der Waals surface area contributed by atoms with E-state index in [-0.39, 0.29) is 0 Å². The molecule has 2 heteroatoms. The van der Waals surface area contributed by atoms with Crippen molar-refractivity contribution < 1.29 is 4.74 Å². The van der Waals surface area contributed by atoms with Gasteiger partial charge in [0, 0.05) is 12.6 Å². The summed E-state index contributed by atoms with van der Waals surface area (Å²) in [5, 5.41) is 3.57. The van der Waals surface area contributed by atoms with Crippen LogP contribution < -0.4 is 5.32 Å². The highest BCUT2D eigenvalue weighted by Crippen LogP contribution is 2.31. The van der Waals surface area contributed by atoms with Crippen LogP contribution in [0.4, 0.5) is 0 Å². The first-order valence-corrected chi connectivity index (χ1v) is 5.71. The van der Waals surface area contributed by atoms with Crippen LogP contribution in [0.1, 0.15) is 39.0 Å². The second-order valence-electron chi connectivity index (χ2n) is 4.53. The molecule has 0 bridgehead atoms. The Morgan fingerprint density at radius 1 is 1.38 bits per heavy atom. The third kappa shape index (κ3) is 2.96. The second kappa shape index (κ2) is 4.43. The summed E-state index contributed by atoms with van der Waals surface area (Å²) < 4.78 is 5.63. The van der Waals surface area contributed by atoms with Crippen LogP contribution in [-0.4, -0.2) is 25.3 Å². The summed E-state index contributed by atoms with van der Waals surface area (Å²) in [7, 11) is 0. The zero-order chi connectivity index (χ0) is 9.10. The van der Waals surface area contributed by atoms with Crippen molar-refractivity contribution in [2.75, 3.05) is 13.2 Å².